The Morgan fingerprint density at radius 2 is 1.57 bits per heavy atom. The van der Waals surface area contributed by atoms with E-state index in [1.165, 1.54) is 45.4 Å². The Bertz CT molecular complexity index is 436. The van der Waals surface area contributed by atoms with Crippen LogP contribution in [0.2, 0.25) is 0 Å². The summed E-state index contributed by atoms with van der Waals surface area (Å²) in [7, 11) is 0. The molecule has 4 heteroatoms. The maximum absolute atomic E-state index is 12.4. The number of allylic oxidation sites excluding steroid dienone is 1. The van der Waals surface area contributed by atoms with Gasteiger partial charge in [0.2, 0.25) is 0 Å². The summed E-state index contributed by atoms with van der Waals surface area (Å²) in [5.74, 6) is -0.595. The van der Waals surface area contributed by atoms with Crippen molar-refractivity contribution in [3.8, 4) is 0 Å². The van der Waals surface area contributed by atoms with E-state index in [9.17, 15) is 14.7 Å². The molecule has 1 aliphatic heterocycles. The van der Waals surface area contributed by atoms with Crippen molar-refractivity contribution in [2.24, 2.45) is 5.92 Å². The minimum Gasteiger partial charge on any atom is -0.512 e. The molecule has 132 valence electrons. The molecule has 4 nitrogen and oxygen atoms in total. The first-order valence-electron chi connectivity index (χ1n) is 9.16. The highest BCUT2D eigenvalue weighted by Gasteiger charge is 2.45. The van der Waals surface area contributed by atoms with Crippen molar-refractivity contribution in [3.05, 3.63) is 11.3 Å². The molecule has 0 radical (unpaired) electrons. The quantitative estimate of drug-likeness (QED) is 0.281. The zero-order valence-corrected chi connectivity index (χ0v) is 15.2. The molecule has 1 rings (SSSR count). The topological polar surface area (TPSA) is 57.6 Å². The lowest BCUT2D eigenvalue weighted by Crippen LogP contribution is -2.39. The number of hydrogen-bond donors (Lipinski definition) is 1. The first-order valence-corrected chi connectivity index (χ1v) is 9.16. The second kappa shape index (κ2) is 9.74. The van der Waals surface area contributed by atoms with Gasteiger partial charge in [-0.15, -0.1) is 0 Å². The first kappa shape index (κ1) is 19.7. The smallest absolute Gasteiger partial charge is 0.261 e. The van der Waals surface area contributed by atoms with Gasteiger partial charge in [0.25, 0.3) is 5.91 Å². The van der Waals surface area contributed by atoms with Gasteiger partial charge in [-0.25, -0.2) is 0 Å². The van der Waals surface area contributed by atoms with E-state index < -0.39 is 6.04 Å². The maximum Gasteiger partial charge on any atom is 0.261 e. The Hall–Kier alpha value is -1.32. The predicted molar refractivity (Wildman–Crippen MR) is 93.3 cm³/mol. The fourth-order valence-electron chi connectivity index (χ4n) is 3.32. The van der Waals surface area contributed by atoms with Crippen LogP contribution in [0.4, 0.5) is 0 Å². The van der Waals surface area contributed by atoms with E-state index in [0.717, 1.165) is 12.8 Å². The van der Waals surface area contributed by atoms with E-state index in [1.807, 2.05) is 13.8 Å². The summed E-state index contributed by atoms with van der Waals surface area (Å²) < 4.78 is 0. The van der Waals surface area contributed by atoms with E-state index >= 15 is 0 Å². The van der Waals surface area contributed by atoms with Crippen molar-refractivity contribution in [3.63, 3.8) is 0 Å². The third-order valence-corrected chi connectivity index (χ3v) is 4.57. The first-order chi connectivity index (χ1) is 10.9. The normalized spacial score (nSPS) is 20.7. The number of aliphatic hydroxyl groups excluding tert-OH is 1. The molecule has 1 atom stereocenters. The fourth-order valence-corrected chi connectivity index (χ4v) is 3.32. The van der Waals surface area contributed by atoms with Crippen LogP contribution in [0, 0.1) is 5.92 Å². The minimum atomic E-state index is -0.413. The zero-order valence-electron chi connectivity index (χ0n) is 15.2. The molecule has 0 spiro atoms. The number of carbonyl (C=O) groups excluding carboxylic acids is 2. The SMILES string of the molecule is CCCCCCCCCCN1C(=O)/C(=C(\C)O)C(=O)C1C(C)C. The fraction of sp³-hybridized carbons (Fsp3) is 0.789. The highest BCUT2D eigenvalue weighted by atomic mass is 16.3. The number of ketones is 1. The van der Waals surface area contributed by atoms with Crippen LogP contribution < -0.4 is 0 Å². The predicted octanol–water partition coefficient (Wildman–Crippen LogP) is 4.40. The summed E-state index contributed by atoms with van der Waals surface area (Å²) in [6.07, 6.45) is 9.64. The molecule has 1 aliphatic rings. The average molecular weight is 323 g/mol. The van der Waals surface area contributed by atoms with Gasteiger partial charge < -0.3 is 10.0 Å². The van der Waals surface area contributed by atoms with Gasteiger partial charge >= 0.3 is 0 Å². The molecular formula is C19H33NO3. The molecular weight excluding hydrogens is 290 g/mol. The summed E-state index contributed by atoms with van der Waals surface area (Å²) in [6.45, 7) is 8.15. The molecule has 1 amide bonds. The highest BCUT2D eigenvalue weighted by Crippen LogP contribution is 2.28. The highest BCUT2D eigenvalue weighted by molar-refractivity contribution is 6.26. The van der Waals surface area contributed by atoms with E-state index in [4.69, 9.17) is 0 Å². The molecule has 1 N–H and O–H groups in total. The molecule has 0 aromatic rings. The summed E-state index contributed by atoms with van der Waals surface area (Å²) in [6, 6.07) is -0.413. The second-order valence-corrected chi connectivity index (χ2v) is 6.99. The van der Waals surface area contributed by atoms with Crippen molar-refractivity contribution in [2.45, 2.75) is 85.1 Å². The third-order valence-electron chi connectivity index (χ3n) is 4.57. The van der Waals surface area contributed by atoms with Crippen LogP contribution in [-0.2, 0) is 9.59 Å². The summed E-state index contributed by atoms with van der Waals surface area (Å²) in [5.41, 5.74) is -0.0109. The molecule has 0 aromatic heterocycles. The lowest BCUT2D eigenvalue weighted by atomic mass is 9.98. The molecule has 0 aromatic carbocycles. The van der Waals surface area contributed by atoms with Gasteiger partial charge in [-0.1, -0.05) is 65.7 Å². The van der Waals surface area contributed by atoms with E-state index in [1.54, 1.807) is 4.90 Å². The monoisotopic (exact) mass is 323 g/mol. The minimum absolute atomic E-state index is 0.0109. The Labute approximate surface area is 140 Å². The van der Waals surface area contributed by atoms with Crippen LogP contribution in [-0.4, -0.2) is 34.3 Å². The number of Topliss-reactive ketones (excluding diaryl/α,β-unsaturated/α-hetero) is 1. The largest absolute Gasteiger partial charge is 0.512 e. The van der Waals surface area contributed by atoms with Crippen molar-refractivity contribution >= 4 is 11.7 Å². The number of nitrogens with zero attached hydrogens (tertiary/aromatic N) is 1. The summed E-state index contributed by atoms with van der Waals surface area (Å²) in [5, 5.41) is 9.63. The number of likely N-dealkylation sites (tertiary alicyclic amines) is 1. The van der Waals surface area contributed by atoms with Crippen molar-refractivity contribution in [1.82, 2.24) is 4.90 Å². The number of hydrogen-bond acceptors (Lipinski definition) is 3. The number of aliphatic hydroxyl groups is 1. The van der Waals surface area contributed by atoms with Gasteiger partial charge in [-0.3, -0.25) is 9.59 Å². The van der Waals surface area contributed by atoms with Gasteiger partial charge in [-0.05, 0) is 19.3 Å². The Kier molecular flexibility index (Phi) is 8.35. The molecule has 1 heterocycles. The third kappa shape index (κ3) is 5.36. The van der Waals surface area contributed by atoms with Crippen molar-refractivity contribution < 1.29 is 14.7 Å². The van der Waals surface area contributed by atoms with E-state index in [0.29, 0.717) is 6.54 Å². The number of rotatable bonds is 10. The van der Waals surface area contributed by atoms with Gasteiger partial charge in [-0.2, -0.15) is 0 Å². The number of amides is 1. The van der Waals surface area contributed by atoms with Gasteiger partial charge in [0, 0.05) is 6.54 Å². The van der Waals surface area contributed by atoms with Gasteiger partial charge in [0.05, 0.1) is 6.04 Å². The Morgan fingerprint density at radius 3 is 2.04 bits per heavy atom. The molecule has 0 aliphatic carbocycles. The van der Waals surface area contributed by atoms with E-state index in [-0.39, 0.29) is 28.9 Å². The van der Waals surface area contributed by atoms with Crippen LogP contribution >= 0.6 is 0 Å². The Morgan fingerprint density at radius 1 is 1.04 bits per heavy atom. The number of carbonyl (C=O) groups is 2. The number of unbranched alkanes of at least 4 members (excludes halogenated alkanes) is 7. The van der Waals surface area contributed by atoms with Crippen LogP contribution in [0.15, 0.2) is 11.3 Å². The van der Waals surface area contributed by atoms with Crippen molar-refractivity contribution in [1.29, 1.82) is 0 Å². The molecule has 23 heavy (non-hydrogen) atoms. The maximum atomic E-state index is 12.4. The van der Waals surface area contributed by atoms with Crippen LogP contribution in [0.1, 0.15) is 79.1 Å². The van der Waals surface area contributed by atoms with Gasteiger partial charge in [0.1, 0.15) is 11.3 Å². The zero-order chi connectivity index (χ0) is 17.4. The van der Waals surface area contributed by atoms with Crippen LogP contribution in [0.5, 0.6) is 0 Å². The Balaban J connectivity index is 2.46. The lowest BCUT2D eigenvalue weighted by Gasteiger charge is -2.25. The van der Waals surface area contributed by atoms with Crippen LogP contribution in [0.3, 0.4) is 0 Å². The average Bonchev–Trinajstić information content (AvgIpc) is 2.72. The summed E-state index contributed by atoms with van der Waals surface area (Å²) in [4.78, 5) is 26.4. The van der Waals surface area contributed by atoms with Gasteiger partial charge in [0.15, 0.2) is 5.78 Å². The molecule has 1 saturated heterocycles. The van der Waals surface area contributed by atoms with Crippen LogP contribution in [0.25, 0.3) is 0 Å². The van der Waals surface area contributed by atoms with E-state index in [2.05, 4.69) is 6.92 Å². The van der Waals surface area contributed by atoms with Crippen molar-refractivity contribution in [2.75, 3.05) is 6.54 Å². The molecule has 1 fully saturated rings. The molecule has 1 unspecified atom stereocenters. The molecule has 0 bridgehead atoms. The second-order valence-electron chi connectivity index (χ2n) is 6.99. The molecule has 0 saturated carbocycles. The standard InChI is InChI=1S/C19H33NO3/c1-5-6-7-8-9-10-11-12-13-20-17(14(2)3)18(22)16(15(4)21)19(20)23/h14,17,21H,5-13H2,1-4H3/b16-15+. The lowest BCUT2D eigenvalue weighted by molar-refractivity contribution is -0.128. The summed E-state index contributed by atoms with van der Waals surface area (Å²) >= 11 is 0.